The molecule has 0 unspecified atom stereocenters. The molecule has 3 aromatic rings. The Bertz CT molecular complexity index is 1520. The van der Waals surface area contributed by atoms with Crippen LogP contribution in [0.2, 0.25) is 0 Å². The fourth-order valence-corrected chi connectivity index (χ4v) is 5.43. The van der Waals surface area contributed by atoms with Crippen LogP contribution in [0, 0.1) is 6.92 Å². The molecule has 3 heterocycles. The second kappa shape index (κ2) is 10.2. The second-order valence-corrected chi connectivity index (χ2v) is 10.4. The lowest BCUT2D eigenvalue weighted by molar-refractivity contribution is -0.169. The topological polar surface area (TPSA) is 105 Å². The molecule has 1 amide bonds. The van der Waals surface area contributed by atoms with Crippen LogP contribution in [0.1, 0.15) is 46.6 Å². The van der Waals surface area contributed by atoms with Crippen LogP contribution in [0.15, 0.2) is 41.2 Å². The number of aliphatic carboxylic acids is 1. The summed E-state index contributed by atoms with van der Waals surface area (Å²) >= 11 is 0. The maximum atomic E-state index is 14.0. The summed E-state index contributed by atoms with van der Waals surface area (Å²) in [5, 5.41) is 9.03. The van der Waals surface area contributed by atoms with Crippen molar-refractivity contribution in [3.8, 4) is 0 Å². The fraction of sp³-hybridized carbons (Fsp3) is 0.429. The monoisotopic (exact) mass is 558 g/mol. The van der Waals surface area contributed by atoms with Gasteiger partial charge in [-0.3, -0.25) is 19.0 Å². The van der Waals surface area contributed by atoms with Gasteiger partial charge in [-0.1, -0.05) is 0 Å². The number of carbonyl (C=O) groups excluding carboxylic acids is 1. The summed E-state index contributed by atoms with van der Waals surface area (Å²) in [4.78, 5) is 44.6. The van der Waals surface area contributed by atoms with E-state index in [4.69, 9.17) is 9.84 Å². The summed E-state index contributed by atoms with van der Waals surface area (Å²) in [6, 6.07) is 8.62. The van der Waals surface area contributed by atoms with Crippen molar-refractivity contribution in [1.29, 1.82) is 0 Å². The number of aromatic nitrogens is 2. The number of carboxylic acids is 1. The zero-order valence-electron chi connectivity index (χ0n) is 22.1. The quantitative estimate of drug-likeness (QED) is 0.490. The summed E-state index contributed by atoms with van der Waals surface area (Å²) in [7, 11) is 1.61. The van der Waals surface area contributed by atoms with Crippen LogP contribution < -0.4 is 10.5 Å². The zero-order valence-corrected chi connectivity index (χ0v) is 22.1. The number of aryl methyl sites for hydroxylation is 1. The molecule has 2 aliphatic rings. The summed E-state index contributed by atoms with van der Waals surface area (Å²) < 4.78 is 48.7. The average Bonchev–Trinajstić information content (AvgIpc) is 2.89. The molecule has 0 bridgehead atoms. The number of hydrogen-bond acceptors (Lipinski definition) is 6. The summed E-state index contributed by atoms with van der Waals surface area (Å²) in [5.41, 5.74) is -0.969. The lowest BCUT2D eigenvalue weighted by Gasteiger charge is -2.47. The number of anilines is 1. The Hall–Kier alpha value is -3.93. The number of hydrogen-bond donors (Lipinski definition) is 1. The van der Waals surface area contributed by atoms with E-state index in [0.717, 1.165) is 42.6 Å². The third-order valence-electron chi connectivity index (χ3n) is 7.86. The van der Waals surface area contributed by atoms with E-state index in [9.17, 15) is 27.6 Å². The van der Waals surface area contributed by atoms with E-state index in [1.807, 2.05) is 0 Å². The van der Waals surface area contributed by atoms with Crippen molar-refractivity contribution in [2.45, 2.75) is 51.1 Å². The number of carbonyl (C=O) groups is 2. The van der Waals surface area contributed by atoms with Gasteiger partial charge in [0.2, 0.25) is 0 Å². The summed E-state index contributed by atoms with van der Waals surface area (Å²) in [5.74, 6) is -1.36. The maximum absolute atomic E-state index is 14.0. The lowest BCUT2D eigenvalue weighted by Crippen LogP contribution is -2.53. The molecule has 2 aromatic carbocycles. The van der Waals surface area contributed by atoms with Crippen molar-refractivity contribution in [2.24, 2.45) is 0 Å². The Morgan fingerprint density at radius 3 is 2.33 bits per heavy atom. The van der Waals surface area contributed by atoms with E-state index in [2.05, 4.69) is 4.98 Å². The number of benzene rings is 2. The molecule has 2 fully saturated rings. The van der Waals surface area contributed by atoms with E-state index in [-0.39, 0.29) is 40.3 Å². The predicted molar refractivity (Wildman–Crippen MR) is 140 cm³/mol. The van der Waals surface area contributed by atoms with E-state index in [0.29, 0.717) is 24.3 Å². The number of likely N-dealkylation sites (tertiary alicyclic amines) is 1. The van der Waals surface area contributed by atoms with Crippen molar-refractivity contribution >= 4 is 28.5 Å². The van der Waals surface area contributed by atoms with Gasteiger partial charge in [-0.2, -0.15) is 13.2 Å². The predicted octanol–water partition coefficient (Wildman–Crippen LogP) is 3.84. The molecule has 12 heteroatoms. The Labute approximate surface area is 227 Å². The first-order chi connectivity index (χ1) is 18.9. The SMILES string of the molecule is Cc1nc2cc(C(F)(F)F)c(CN(C)c3ccc(C(=O)N4CCC5(CCO5)CC4)cc3)cc2c(=O)n1CC(=O)O. The average molecular weight is 559 g/mol. The van der Waals surface area contributed by atoms with Gasteiger partial charge < -0.3 is 19.6 Å². The van der Waals surface area contributed by atoms with E-state index >= 15 is 0 Å². The first kappa shape index (κ1) is 27.6. The van der Waals surface area contributed by atoms with E-state index < -0.39 is 29.8 Å². The lowest BCUT2D eigenvalue weighted by atomic mass is 9.84. The Morgan fingerprint density at radius 1 is 1.12 bits per heavy atom. The second-order valence-electron chi connectivity index (χ2n) is 10.4. The molecule has 0 saturated carbocycles. The Morgan fingerprint density at radius 2 is 1.77 bits per heavy atom. The van der Waals surface area contributed by atoms with Crippen LogP contribution >= 0.6 is 0 Å². The molecule has 2 saturated heterocycles. The molecule has 5 rings (SSSR count). The number of fused-ring (bicyclic) bond motifs is 1. The standard InChI is InChI=1S/C28H29F3N4O5/c1-17-32-23-14-22(28(29,30)31)19(13-21(23)26(39)35(17)16-24(36)37)15-33(2)20-5-3-18(4-6-20)25(38)34-10-7-27(8-11-34)9-12-40-27/h3-6,13-14H,7-12,15-16H2,1-2H3,(H,36,37). The molecule has 1 N–H and O–H groups in total. The van der Waals surface area contributed by atoms with Gasteiger partial charge in [0, 0.05) is 37.9 Å². The van der Waals surface area contributed by atoms with Gasteiger partial charge in [0.1, 0.15) is 12.4 Å². The molecule has 0 radical (unpaired) electrons. The van der Waals surface area contributed by atoms with Crippen LogP contribution in [-0.2, 0) is 28.8 Å². The van der Waals surface area contributed by atoms with Gasteiger partial charge >= 0.3 is 12.1 Å². The number of halogens is 3. The van der Waals surface area contributed by atoms with Crippen molar-refractivity contribution in [3.05, 3.63) is 69.3 Å². The molecule has 1 aromatic heterocycles. The van der Waals surface area contributed by atoms with Gasteiger partial charge in [-0.05, 0) is 68.1 Å². The van der Waals surface area contributed by atoms with E-state index in [1.165, 1.54) is 6.92 Å². The molecule has 0 aliphatic carbocycles. The molecule has 212 valence electrons. The molecular formula is C28H29F3N4O5. The van der Waals surface area contributed by atoms with Gasteiger partial charge in [0.25, 0.3) is 11.5 Å². The number of rotatable bonds is 6. The molecule has 2 aliphatic heterocycles. The van der Waals surface area contributed by atoms with Crippen molar-refractivity contribution in [2.75, 3.05) is 31.6 Å². The largest absolute Gasteiger partial charge is 0.480 e. The number of amides is 1. The molecule has 0 atom stereocenters. The van der Waals surface area contributed by atoms with Crippen LogP contribution in [-0.4, -0.2) is 63.8 Å². The maximum Gasteiger partial charge on any atom is 0.416 e. The Balaban J connectivity index is 1.38. The van der Waals surface area contributed by atoms with Gasteiger partial charge in [-0.25, -0.2) is 4.98 Å². The number of nitrogens with zero attached hydrogens (tertiary/aromatic N) is 4. The number of piperidine rings is 1. The fourth-order valence-electron chi connectivity index (χ4n) is 5.43. The van der Waals surface area contributed by atoms with E-state index in [1.54, 1.807) is 41.1 Å². The summed E-state index contributed by atoms with van der Waals surface area (Å²) in [6.07, 6.45) is -2.06. The zero-order chi connectivity index (χ0) is 28.8. The smallest absolute Gasteiger partial charge is 0.416 e. The van der Waals surface area contributed by atoms with Gasteiger partial charge in [0.15, 0.2) is 0 Å². The number of carboxylic acid groups (broad SMARTS) is 1. The van der Waals surface area contributed by atoms with Crippen LogP contribution in [0.5, 0.6) is 0 Å². The summed E-state index contributed by atoms with van der Waals surface area (Å²) in [6.45, 7) is 2.53. The van der Waals surface area contributed by atoms with Crippen LogP contribution in [0.3, 0.4) is 0 Å². The third-order valence-corrected chi connectivity index (χ3v) is 7.86. The first-order valence-electron chi connectivity index (χ1n) is 12.9. The normalized spacial score (nSPS) is 16.7. The molecule has 40 heavy (non-hydrogen) atoms. The highest BCUT2D eigenvalue weighted by molar-refractivity contribution is 5.94. The highest BCUT2D eigenvalue weighted by Gasteiger charge is 2.42. The van der Waals surface area contributed by atoms with Crippen molar-refractivity contribution < 1.29 is 32.6 Å². The van der Waals surface area contributed by atoms with Crippen LogP contribution in [0.25, 0.3) is 10.9 Å². The number of ether oxygens (including phenoxy) is 1. The molecular weight excluding hydrogens is 529 g/mol. The van der Waals surface area contributed by atoms with Crippen LogP contribution in [0.4, 0.5) is 18.9 Å². The highest BCUT2D eigenvalue weighted by Crippen LogP contribution is 2.37. The van der Waals surface area contributed by atoms with Gasteiger partial charge in [0.05, 0.1) is 28.7 Å². The minimum absolute atomic E-state index is 0.00737. The Kier molecular flexibility index (Phi) is 7.07. The number of alkyl halides is 3. The first-order valence-corrected chi connectivity index (χ1v) is 12.9. The third kappa shape index (κ3) is 5.27. The van der Waals surface area contributed by atoms with Gasteiger partial charge in [-0.15, -0.1) is 0 Å². The van der Waals surface area contributed by atoms with Crippen molar-refractivity contribution in [3.63, 3.8) is 0 Å². The highest BCUT2D eigenvalue weighted by atomic mass is 19.4. The van der Waals surface area contributed by atoms with Crippen molar-refractivity contribution in [1.82, 2.24) is 14.5 Å². The minimum atomic E-state index is -4.70. The molecule has 9 nitrogen and oxygen atoms in total. The minimum Gasteiger partial charge on any atom is -0.480 e. The molecule has 1 spiro atoms.